The molecule has 0 spiro atoms. The monoisotopic (exact) mass is 244 g/mol. The first-order valence-corrected chi connectivity index (χ1v) is 5.64. The van der Waals surface area contributed by atoms with E-state index in [9.17, 15) is 4.39 Å². The molecule has 88 valence electrons. The topological polar surface area (TPSA) is 41.1 Å². The number of fused-ring (bicyclic) bond motifs is 3. The van der Waals surface area contributed by atoms with Crippen LogP contribution in [0.25, 0.3) is 0 Å². The highest BCUT2D eigenvalue weighted by molar-refractivity contribution is 6.29. The molecule has 2 aliphatic heterocycles. The van der Waals surface area contributed by atoms with Gasteiger partial charge in [-0.15, -0.1) is 10.2 Å². The first-order valence-electron chi connectivity index (χ1n) is 5.26. The number of nitrogens with zero attached hydrogens (tertiary/aromatic N) is 3. The lowest BCUT2D eigenvalue weighted by Crippen LogP contribution is -2.39. The summed E-state index contributed by atoms with van der Waals surface area (Å²) in [6.07, 6.45) is 2.51. The van der Waals surface area contributed by atoms with E-state index in [1.54, 1.807) is 0 Å². The molecule has 0 bridgehead atoms. The van der Waals surface area contributed by atoms with Crippen LogP contribution in [0.15, 0.2) is 6.07 Å². The third-order valence-corrected chi connectivity index (χ3v) is 3.12. The Balaban J connectivity index is 0.000000457. The predicted molar refractivity (Wildman–Crippen MR) is 62.9 cm³/mol. The smallest absolute Gasteiger partial charge is 0.172 e. The molecule has 0 aromatic carbocycles. The molecular formula is C10H14ClFN4. The fourth-order valence-electron chi connectivity index (χ4n) is 2.28. The number of hydrogen-bond donors (Lipinski definition) is 1. The molecule has 1 aromatic heterocycles. The molecule has 2 aliphatic rings. The maximum atomic E-state index is 9.50. The number of anilines is 2. The van der Waals surface area contributed by atoms with E-state index in [1.807, 2.05) is 6.07 Å². The van der Waals surface area contributed by atoms with Gasteiger partial charge in [0, 0.05) is 25.2 Å². The van der Waals surface area contributed by atoms with E-state index in [1.165, 1.54) is 12.8 Å². The quantitative estimate of drug-likeness (QED) is 0.759. The lowest BCUT2D eigenvalue weighted by atomic mass is 10.2. The third kappa shape index (κ3) is 1.91. The van der Waals surface area contributed by atoms with Crippen LogP contribution in [0.3, 0.4) is 0 Å². The molecule has 1 atom stereocenters. The van der Waals surface area contributed by atoms with Crippen LogP contribution in [0, 0.1) is 0 Å². The van der Waals surface area contributed by atoms with Crippen molar-refractivity contribution in [2.45, 2.75) is 18.9 Å². The molecule has 0 amide bonds. The fourth-order valence-corrected chi connectivity index (χ4v) is 2.42. The second-order valence-electron chi connectivity index (χ2n) is 3.77. The maximum absolute atomic E-state index is 9.50. The van der Waals surface area contributed by atoms with Gasteiger partial charge < -0.3 is 10.2 Å². The van der Waals surface area contributed by atoms with Crippen LogP contribution in [0.4, 0.5) is 15.9 Å². The van der Waals surface area contributed by atoms with Gasteiger partial charge in [-0.25, -0.2) is 0 Å². The number of hydrogen-bond acceptors (Lipinski definition) is 4. The molecule has 0 aliphatic carbocycles. The van der Waals surface area contributed by atoms with Gasteiger partial charge in [-0.05, 0) is 12.8 Å². The van der Waals surface area contributed by atoms with Gasteiger partial charge in [0.2, 0.25) is 0 Å². The highest BCUT2D eigenvalue weighted by atomic mass is 35.5. The summed E-state index contributed by atoms with van der Waals surface area (Å²) in [6.45, 7) is 2.09. The van der Waals surface area contributed by atoms with E-state index in [4.69, 9.17) is 11.6 Å². The van der Waals surface area contributed by atoms with E-state index in [2.05, 4.69) is 20.4 Å². The number of nitrogens with one attached hydrogen (secondary N) is 1. The molecule has 0 radical (unpaired) electrons. The van der Waals surface area contributed by atoms with Crippen LogP contribution in [-0.4, -0.2) is 36.5 Å². The van der Waals surface area contributed by atoms with Crippen molar-refractivity contribution < 1.29 is 4.39 Å². The number of alkyl halides is 1. The molecule has 1 saturated heterocycles. The summed E-state index contributed by atoms with van der Waals surface area (Å²) >= 11 is 5.84. The molecule has 4 nitrogen and oxygen atoms in total. The summed E-state index contributed by atoms with van der Waals surface area (Å²) in [6, 6.07) is 2.51. The zero-order chi connectivity index (χ0) is 11.5. The van der Waals surface area contributed by atoms with E-state index >= 15 is 0 Å². The largest absolute Gasteiger partial charge is 0.365 e. The number of aromatic nitrogens is 2. The second kappa shape index (κ2) is 4.82. The Labute approximate surface area is 98.8 Å². The summed E-state index contributed by atoms with van der Waals surface area (Å²) < 4.78 is 9.50. The van der Waals surface area contributed by atoms with E-state index in [0.717, 1.165) is 24.6 Å². The van der Waals surface area contributed by atoms with Crippen molar-refractivity contribution in [3.63, 3.8) is 0 Å². The maximum Gasteiger partial charge on any atom is 0.172 e. The Morgan fingerprint density at radius 1 is 1.50 bits per heavy atom. The van der Waals surface area contributed by atoms with E-state index in [-0.39, 0.29) is 0 Å². The molecular weight excluding hydrogens is 231 g/mol. The van der Waals surface area contributed by atoms with Crippen LogP contribution in [0.5, 0.6) is 0 Å². The van der Waals surface area contributed by atoms with Gasteiger partial charge in [0.25, 0.3) is 0 Å². The highest BCUT2D eigenvalue weighted by Gasteiger charge is 2.30. The zero-order valence-electron chi connectivity index (χ0n) is 9.08. The van der Waals surface area contributed by atoms with Crippen molar-refractivity contribution >= 4 is 23.1 Å². The molecule has 1 aromatic rings. The molecule has 1 fully saturated rings. The van der Waals surface area contributed by atoms with Gasteiger partial charge in [0.15, 0.2) is 11.0 Å². The van der Waals surface area contributed by atoms with Crippen molar-refractivity contribution in [1.29, 1.82) is 0 Å². The molecule has 1 unspecified atom stereocenters. The zero-order valence-corrected chi connectivity index (χ0v) is 9.84. The minimum absolute atomic E-state index is 0.470. The van der Waals surface area contributed by atoms with E-state index < -0.39 is 0 Å². The third-order valence-electron chi connectivity index (χ3n) is 2.94. The first kappa shape index (κ1) is 11.4. The van der Waals surface area contributed by atoms with Gasteiger partial charge in [-0.2, -0.15) is 0 Å². The molecule has 3 heterocycles. The average molecular weight is 245 g/mol. The summed E-state index contributed by atoms with van der Waals surface area (Å²) in [4.78, 5) is 2.38. The van der Waals surface area contributed by atoms with E-state index in [0.29, 0.717) is 18.4 Å². The van der Waals surface area contributed by atoms with Crippen molar-refractivity contribution in [2.24, 2.45) is 0 Å². The number of halogens is 2. The SMILES string of the molecule is CF.Clc1cc2c(nn1)NCC1CCCN21. The van der Waals surface area contributed by atoms with Crippen molar-refractivity contribution in [2.75, 3.05) is 30.5 Å². The van der Waals surface area contributed by atoms with Gasteiger partial charge in [-0.1, -0.05) is 11.6 Å². The minimum Gasteiger partial charge on any atom is -0.365 e. The van der Waals surface area contributed by atoms with Crippen molar-refractivity contribution in [3.8, 4) is 0 Å². The normalized spacial score (nSPS) is 21.4. The summed E-state index contributed by atoms with van der Waals surface area (Å²) in [7, 11) is 0.500. The lowest BCUT2D eigenvalue weighted by Gasteiger charge is -2.33. The van der Waals surface area contributed by atoms with Gasteiger partial charge >= 0.3 is 0 Å². The first-order chi connectivity index (χ1) is 7.84. The molecule has 1 N–H and O–H groups in total. The average Bonchev–Trinajstić information content (AvgIpc) is 2.80. The Morgan fingerprint density at radius 2 is 2.31 bits per heavy atom. The van der Waals surface area contributed by atoms with Gasteiger partial charge in [-0.3, -0.25) is 4.39 Å². The van der Waals surface area contributed by atoms with Crippen LogP contribution in [-0.2, 0) is 0 Å². The standard InChI is InChI=1S/C9H11ClN4.CH3F/c10-8-4-7-9(13-12-8)11-5-6-2-1-3-14(6)7;1-2/h4,6H,1-3,5H2,(H,11,13);1H3. The summed E-state index contributed by atoms with van der Waals surface area (Å²) in [5, 5.41) is 11.6. The molecule has 6 heteroatoms. The molecule has 0 saturated carbocycles. The summed E-state index contributed by atoms with van der Waals surface area (Å²) in [5.74, 6) is 0.868. The Bertz CT molecular complexity index is 374. The van der Waals surface area contributed by atoms with Crippen molar-refractivity contribution in [1.82, 2.24) is 10.2 Å². The van der Waals surface area contributed by atoms with Crippen molar-refractivity contribution in [3.05, 3.63) is 11.2 Å². The van der Waals surface area contributed by atoms with Crippen LogP contribution in [0.2, 0.25) is 5.15 Å². The second-order valence-corrected chi connectivity index (χ2v) is 4.16. The van der Waals surface area contributed by atoms with Crippen LogP contribution < -0.4 is 10.2 Å². The highest BCUT2D eigenvalue weighted by Crippen LogP contribution is 2.35. The fraction of sp³-hybridized carbons (Fsp3) is 0.600. The van der Waals surface area contributed by atoms with Gasteiger partial charge in [0.1, 0.15) is 0 Å². The Hall–Kier alpha value is -1.10. The Morgan fingerprint density at radius 3 is 3.12 bits per heavy atom. The predicted octanol–water partition coefficient (Wildman–Crippen LogP) is 2.11. The lowest BCUT2D eigenvalue weighted by molar-refractivity contribution is 0.636. The van der Waals surface area contributed by atoms with Gasteiger partial charge in [0.05, 0.1) is 12.9 Å². The Kier molecular flexibility index (Phi) is 3.43. The van der Waals surface area contributed by atoms with Crippen LogP contribution in [0.1, 0.15) is 12.8 Å². The summed E-state index contributed by atoms with van der Waals surface area (Å²) in [5.41, 5.74) is 1.11. The molecule has 3 rings (SSSR count). The minimum atomic E-state index is 0.470. The van der Waals surface area contributed by atoms with Crippen LogP contribution >= 0.6 is 11.6 Å². The number of rotatable bonds is 0. The molecule has 16 heavy (non-hydrogen) atoms.